The highest BCUT2D eigenvalue weighted by molar-refractivity contribution is 7.17. The molecule has 0 saturated carbocycles. The molecule has 0 spiro atoms. The number of rotatable bonds is 5. The van der Waals surface area contributed by atoms with Gasteiger partial charge in [0.2, 0.25) is 0 Å². The highest BCUT2D eigenvalue weighted by atomic mass is 32.1. The molecule has 3 N–H and O–H groups in total. The van der Waals surface area contributed by atoms with Crippen LogP contribution in [0.5, 0.6) is 0 Å². The van der Waals surface area contributed by atoms with Gasteiger partial charge < -0.3 is 15.2 Å². The number of nitrogens with zero attached hydrogens (tertiary/aromatic N) is 3. The fourth-order valence-corrected chi connectivity index (χ4v) is 3.96. The lowest BCUT2D eigenvalue weighted by Crippen LogP contribution is -2.19. The zero-order chi connectivity index (χ0) is 24.3. The van der Waals surface area contributed by atoms with Gasteiger partial charge in [-0.05, 0) is 43.3 Å². The van der Waals surface area contributed by atoms with Crippen LogP contribution in [0.15, 0.2) is 59.4 Å². The zero-order valence-corrected chi connectivity index (χ0v) is 20.0. The Morgan fingerprint density at radius 1 is 1.00 bits per heavy atom. The number of carbonyl (C=O) groups excluding carboxylic acids is 2. The largest absolute Gasteiger partial charge is 0.359 e. The Morgan fingerprint density at radius 3 is 2.32 bits per heavy atom. The summed E-state index contributed by atoms with van der Waals surface area (Å²) in [4.78, 5) is 34.1. The number of hydrogen-bond acceptors (Lipinski definition) is 7. The van der Waals surface area contributed by atoms with E-state index in [1.165, 1.54) is 11.3 Å². The second kappa shape index (κ2) is 9.44. The van der Waals surface area contributed by atoms with Crippen molar-refractivity contribution in [2.75, 3.05) is 16.0 Å². The fraction of sp³-hybridized carbons (Fsp3) is 0.208. The van der Waals surface area contributed by atoms with E-state index in [0.29, 0.717) is 33.5 Å². The molecular weight excluding hydrogens is 452 g/mol. The molecule has 34 heavy (non-hydrogen) atoms. The lowest BCUT2D eigenvalue weighted by atomic mass is 9.93. The first kappa shape index (κ1) is 23.1. The van der Waals surface area contributed by atoms with Crippen molar-refractivity contribution in [3.05, 3.63) is 71.2 Å². The number of aromatic nitrogens is 3. The molecule has 0 aliphatic rings. The summed E-state index contributed by atoms with van der Waals surface area (Å²) in [6, 6.07) is 11.8. The van der Waals surface area contributed by atoms with Crippen LogP contribution in [0.2, 0.25) is 0 Å². The molecule has 9 nitrogen and oxygen atoms in total. The maximum absolute atomic E-state index is 12.8. The summed E-state index contributed by atoms with van der Waals surface area (Å²) in [5.74, 6) is 0.757. The predicted molar refractivity (Wildman–Crippen MR) is 132 cm³/mol. The van der Waals surface area contributed by atoms with Crippen LogP contribution in [0.4, 0.5) is 22.0 Å². The van der Waals surface area contributed by atoms with Crippen molar-refractivity contribution in [3.63, 3.8) is 0 Å². The van der Waals surface area contributed by atoms with Crippen molar-refractivity contribution < 1.29 is 14.1 Å². The van der Waals surface area contributed by atoms with Crippen molar-refractivity contribution in [1.29, 1.82) is 0 Å². The molecule has 0 radical (unpaired) electrons. The molecule has 10 heteroatoms. The standard InChI is InChI=1S/C24H24N6O3S/c1-14-20(34-22(26-14)15-6-5-11-25-13-15)21(31)27-16-7-9-17(10-8-16)28-23(32)29-19-12-18(33-30-19)24(2,3)4/h5-13H,1-4H3,(H,27,31)(H2,28,29,30,32). The van der Waals surface area contributed by atoms with E-state index in [1.807, 2.05) is 32.9 Å². The van der Waals surface area contributed by atoms with Gasteiger partial charge in [0.15, 0.2) is 5.82 Å². The fourth-order valence-electron chi connectivity index (χ4n) is 3.01. The normalized spacial score (nSPS) is 11.2. The van der Waals surface area contributed by atoms with Gasteiger partial charge in [0.05, 0.1) is 5.69 Å². The smallest absolute Gasteiger partial charge is 0.324 e. The average Bonchev–Trinajstić information content (AvgIpc) is 3.42. The summed E-state index contributed by atoms with van der Waals surface area (Å²) in [5.41, 5.74) is 2.46. The molecule has 0 unspecified atom stereocenters. The minimum Gasteiger partial charge on any atom is -0.359 e. The summed E-state index contributed by atoms with van der Waals surface area (Å²) in [6.45, 7) is 7.78. The zero-order valence-electron chi connectivity index (χ0n) is 19.2. The maximum atomic E-state index is 12.8. The highest BCUT2D eigenvalue weighted by Gasteiger charge is 2.20. The van der Waals surface area contributed by atoms with Crippen LogP contribution in [0.25, 0.3) is 10.6 Å². The number of anilines is 3. The van der Waals surface area contributed by atoms with Crippen molar-refractivity contribution in [2.45, 2.75) is 33.1 Å². The van der Waals surface area contributed by atoms with Crippen LogP contribution < -0.4 is 16.0 Å². The summed E-state index contributed by atoms with van der Waals surface area (Å²) in [6.07, 6.45) is 3.41. The van der Waals surface area contributed by atoms with Crippen molar-refractivity contribution >= 4 is 40.5 Å². The van der Waals surface area contributed by atoms with Gasteiger partial charge in [-0.1, -0.05) is 25.9 Å². The average molecular weight is 477 g/mol. The van der Waals surface area contributed by atoms with Crippen LogP contribution in [0, 0.1) is 6.92 Å². The van der Waals surface area contributed by atoms with E-state index >= 15 is 0 Å². The lowest BCUT2D eigenvalue weighted by molar-refractivity contribution is 0.102. The topological polar surface area (TPSA) is 122 Å². The van der Waals surface area contributed by atoms with E-state index in [0.717, 1.165) is 10.6 Å². The number of aryl methyl sites for hydroxylation is 1. The van der Waals surface area contributed by atoms with Crippen molar-refractivity contribution in [3.8, 4) is 10.6 Å². The molecule has 4 aromatic rings. The van der Waals surface area contributed by atoms with E-state index < -0.39 is 6.03 Å². The monoisotopic (exact) mass is 476 g/mol. The molecule has 4 rings (SSSR count). The van der Waals surface area contributed by atoms with Crippen molar-refractivity contribution in [1.82, 2.24) is 15.1 Å². The molecule has 0 atom stereocenters. The first-order chi connectivity index (χ1) is 16.2. The molecular formula is C24H24N6O3S. The second-order valence-corrected chi connectivity index (χ2v) is 9.61. The molecule has 0 aliphatic carbocycles. The Labute approximate surface area is 200 Å². The molecule has 0 bridgehead atoms. The molecule has 0 fully saturated rings. The van der Waals surface area contributed by atoms with Gasteiger partial charge in [-0.3, -0.25) is 15.1 Å². The predicted octanol–water partition coefficient (Wildman–Crippen LogP) is 5.70. The molecule has 174 valence electrons. The second-order valence-electron chi connectivity index (χ2n) is 8.61. The van der Waals surface area contributed by atoms with E-state index in [4.69, 9.17) is 4.52 Å². The summed E-state index contributed by atoms with van der Waals surface area (Å²) >= 11 is 1.31. The molecule has 1 aromatic carbocycles. The first-order valence-corrected chi connectivity index (χ1v) is 11.3. The Balaban J connectivity index is 1.36. The summed E-state index contributed by atoms with van der Waals surface area (Å²) in [7, 11) is 0. The van der Waals surface area contributed by atoms with E-state index in [2.05, 4.69) is 31.1 Å². The van der Waals surface area contributed by atoms with Crippen LogP contribution in [0.1, 0.15) is 41.9 Å². The van der Waals surface area contributed by atoms with Gasteiger partial charge in [-0.2, -0.15) is 0 Å². The number of benzene rings is 1. The minimum absolute atomic E-state index is 0.207. The van der Waals surface area contributed by atoms with Gasteiger partial charge in [0.1, 0.15) is 15.6 Å². The summed E-state index contributed by atoms with van der Waals surface area (Å²) < 4.78 is 5.26. The van der Waals surface area contributed by atoms with Crippen LogP contribution in [-0.4, -0.2) is 27.1 Å². The number of nitrogens with one attached hydrogen (secondary N) is 3. The Hall–Kier alpha value is -4.05. The van der Waals surface area contributed by atoms with Crippen LogP contribution >= 0.6 is 11.3 Å². The van der Waals surface area contributed by atoms with E-state index in [9.17, 15) is 9.59 Å². The van der Waals surface area contributed by atoms with E-state index in [1.54, 1.807) is 49.6 Å². The number of thiazole rings is 1. The maximum Gasteiger partial charge on any atom is 0.324 e. The molecule has 3 aromatic heterocycles. The third-order valence-corrected chi connectivity index (χ3v) is 6.01. The molecule has 0 saturated heterocycles. The summed E-state index contributed by atoms with van der Waals surface area (Å²) in [5, 5.41) is 12.8. The number of hydrogen-bond donors (Lipinski definition) is 3. The third-order valence-electron chi connectivity index (χ3n) is 4.80. The molecule has 0 aliphatic heterocycles. The SMILES string of the molecule is Cc1nc(-c2cccnc2)sc1C(=O)Nc1ccc(NC(=O)Nc2cc(C(C)(C)C)on2)cc1. The lowest BCUT2D eigenvalue weighted by Gasteiger charge is -2.12. The van der Waals surface area contributed by atoms with Gasteiger partial charge in [0.25, 0.3) is 5.91 Å². The Morgan fingerprint density at radius 2 is 1.71 bits per heavy atom. The number of amides is 3. The first-order valence-electron chi connectivity index (χ1n) is 10.5. The van der Waals surface area contributed by atoms with Crippen LogP contribution in [0.3, 0.4) is 0 Å². The number of pyridine rings is 1. The highest BCUT2D eigenvalue weighted by Crippen LogP contribution is 2.28. The van der Waals surface area contributed by atoms with Crippen LogP contribution in [-0.2, 0) is 5.41 Å². The quantitative estimate of drug-likeness (QED) is 0.340. The van der Waals surface area contributed by atoms with E-state index in [-0.39, 0.29) is 11.3 Å². The van der Waals surface area contributed by atoms with Gasteiger partial charge >= 0.3 is 6.03 Å². The van der Waals surface area contributed by atoms with Gasteiger partial charge in [-0.15, -0.1) is 11.3 Å². The third kappa shape index (κ3) is 5.46. The molecule has 3 heterocycles. The minimum atomic E-state index is -0.450. The number of urea groups is 1. The van der Waals surface area contributed by atoms with Gasteiger partial charge in [0, 0.05) is 40.8 Å². The molecule has 3 amide bonds. The van der Waals surface area contributed by atoms with Gasteiger partial charge in [-0.25, -0.2) is 9.78 Å². The number of carbonyl (C=O) groups is 2. The van der Waals surface area contributed by atoms with Crippen molar-refractivity contribution in [2.24, 2.45) is 0 Å². The Kier molecular flexibility index (Phi) is 6.42. The Bertz CT molecular complexity index is 1310.